The number of benzene rings is 2. The second kappa shape index (κ2) is 10.6. The zero-order valence-electron chi connectivity index (χ0n) is 17.7. The molecule has 0 unspecified atom stereocenters. The fourth-order valence-corrected chi connectivity index (χ4v) is 5.38. The van der Waals surface area contributed by atoms with Gasteiger partial charge >= 0.3 is 0 Å². The van der Waals surface area contributed by atoms with E-state index in [-0.39, 0.29) is 23.4 Å². The van der Waals surface area contributed by atoms with Crippen LogP contribution in [-0.4, -0.2) is 26.9 Å². The van der Waals surface area contributed by atoms with Gasteiger partial charge in [-0.2, -0.15) is 0 Å². The number of hydrogen-bond acceptors (Lipinski definition) is 3. The van der Waals surface area contributed by atoms with Crippen LogP contribution in [0.2, 0.25) is 0 Å². The third kappa shape index (κ3) is 5.85. The molecule has 0 bridgehead atoms. The molecule has 2 aromatic rings. The van der Waals surface area contributed by atoms with E-state index in [1.807, 2.05) is 12.1 Å². The normalized spacial score (nSPS) is 15.8. The van der Waals surface area contributed by atoms with Crippen LogP contribution in [0, 0.1) is 0 Å². The van der Waals surface area contributed by atoms with Crippen LogP contribution in [0.15, 0.2) is 59.5 Å². The smallest absolute Gasteiger partial charge is 0.264 e. The van der Waals surface area contributed by atoms with E-state index in [2.05, 4.69) is 12.2 Å². The summed E-state index contributed by atoms with van der Waals surface area (Å²) in [6.45, 7) is 1.83. The van der Waals surface area contributed by atoms with Crippen molar-refractivity contribution in [2.45, 2.75) is 69.2 Å². The predicted molar refractivity (Wildman–Crippen MR) is 121 cm³/mol. The minimum Gasteiger partial charge on any atom is -0.352 e. The first kappa shape index (κ1) is 22.3. The number of sulfonamides is 1. The molecule has 30 heavy (non-hydrogen) atoms. The highest BCUT2D eigenvalue weighted by Crippen LogP contribution is 2.24. The molecule has 0 atom stereocenters. The third-order valence-corrected chi connectivity index (χ3v) is 7.51. The lowest BCUT2D eigenvalue weighted by atomic mass is 9.97. The molecule has 0 heterocycles. The molecule has 162 valence electrons. The van der Waals surface area contributed by atoms with Crippen molar-refractivity contribution >= 4 is 21.6 Å². The maximum Gasteiger partial charge on any atom is 0.264 e. The topological polar surface area (TPSA) is 66.5 Å². The summed E-state index contributed by atoms with van der Waals surface area (Å²) < 4.78 is 27.9. The molecule has 0 aliphatic heterocycles. The lowest BCUT2D eigenvalue weighted by Crippen LogP contribution is -2.44. The zero-order chi connectivity index (χ0) is 21.4. The molecule has 5 nitrogen and oxygen atoms in total. The molecular formula is C24H32N2O3S. The molecule has 2 aromatic carbocycles. The lowest BCUT2D eigenvalue weighted by Gasteiger charge is -2.26. The van der Waals surface area contributed by atoms with Gasteiger partial charge in [-0.15, -0.1) is 0 Å². The third-order valence-electron chi connectivity index (χ3n) is 5.72. The summed E-state index contributed by atoms with van der Waals surface area (Å²) in [4.78, 5) is 13.1. The van der Waals surface area contributed by atoms with Gasteiger partial charge in [-0.3, -0.25) is 9.10 Å². The minimum atomic E-state index is -3.85. The first-order valence-corrected chi connectivity index (χ1v) is 12.4. The van der Waals surface area contributed by atoms with E-state index in [4.69, 9.17) is 0 Å². The first-order chi connectivity index (χ1) is 14.5. The number of nitrogens with one attached hydrogen (secondary N) is 1. The van der Waals surface area contributed by atoms with Gasteiger partial charge in [0.1, 0.15) is 6.54 Å². The van der Waals surface area contributed by atoms with Gasteiger partial charge < -0.3 is 5.32 Å². The van der Waals surface area contributed by atoms with Gasteiger partial charge in [-0.1, -0.05) is 69.4 Å². The predicted octanol–water partition coefficient (Wildman–Crippen LogP) is 4.67. The van der Waals surface area contributed by atoms with E-state index in [0.29, 0.717) is 5.69 Å². The summed E-state index contributed by atoms with van der Waals surface area (Å²) in [6, 6.07) is 15.8. The quantitative estimate of drug-likeness (QED) is 0.697. The van der Waals surface area contributed by atoms with Crippen LogP contribution in [0.4, 0.5) is 5.69 Å². The minimum absolute atomic E-state index is 0.126. The summed E-state index contributed by atoms with van der Waals surface area (Å²) in [7, 11) is -3.85. The van der Waals surface area contributed by atoms with Crippen molar-refractivity contribution in [1.29, 1.82) is 0 Å². The molecular weight excluding hydrogens is 396 g/mol. The van der Waals surface area contributed by atoms with Gasteiger partial charge in [0, 0.05) is 6.04 Å². The number of hydrogen-bond donors (Lipinski definition) is 1. The Morgan fingerprint density at radius 1 is 0.933 bits per heavy atom. The van der Waals surface area contributed by atoms with Crippen molar-refractivity contribution in [3.8, 4) is 0 Å². The Balaban J connectivity index is 1.82. The molecule has 1 aliphatic carbocycles. The zero-order valence-corrected chi connectivity index (χ0v) is 18.5. The van der Waals surface area contributed by atoms with E-state index in [1.54, 1.807) is 42.5 Å². The number of amides is 1. The monoisotopic (exact) mass is 428 g/mol. The van der Waals surface area contributed by atoms with E-state index >= 15 is 0 Å². The highest BCUT2D eigenvalue weighted by Gasteiger charge is 2.27. The Labute approximate surface area is 180 Å². The number of aryl methyl sites for hydroxylation is 1. The van der Waals surface area contributed by atoms with Crippen molar-refractivity contribution in [3.63, 3.8) is 0 Å². The van der Waals surface area contributed by atoms with Crippen molar-refractivity contribution in [2.24, 2.45) is 0 Å². The maximum atomic E-state index is 13.4. The molecule has 1 N–H and O–H groups in total. The van der Waals surface area contributed by atoms with Crippen LogP contribution in [0.1, 0.15) is 57.4 Å². The van der Waals surface area contributed by atoms with Crippen molar-refractivity contribution in [3.05, 3.63) is 60.2 Å². The van der Waals surface area contributed by atoms with E-state index in [9.17, 15) is 13.2 Å². The summed E-state index contributed by atoms with van der Waals surface area (Å²) in [5.41, 5.74) is 1.62. The van der Waals surface area contributed by atoms with Gasteiger partial charge in [0.25, 0.3) is 10.0 Å². The largest absolute Gasteiger partial charge is 0.352 e. The number of carbonyl (C=O) groups excluding carboxylic acids is 1. The van der Waals surface area contributed by atoms with Gasteiger partial charge in [-0.05, 0) is 49.1 Å². The Morgan fingerprint density at radius 2 is 1.53 bits per heavy atom. The molecule has 0 spiro atoms. The molecule has 1 saturated carbocycles. The second-order valence-corrected chi connectivity index (χ2v) is 9.82. The van der Waals surface area contributed by atoms with Gasteiger partial charge in [0.05, 0.1) is 10.6 Å². The number of rotatable bonds is 7. The summed E-state index contributed by atoms with van der Waals surface area (Å²) in [5, 5.41) is 3.09. The number of anilines is 1. The molecule has 3 rings (SSSR count). The Morgan fingerprint density at radius 3 is 2.13 bits per heavy atom. The van der Waals surface area contributed by atoms with Gasteiger partial charge in [-0.25, -0.2) is 8.42 Å². The van der Waals surface area contributed by atoms with E-state index in [1.165, 1.54) is 23.6 Å². The molecule has 1 aliphatic rings. The van der Waals surface area contributed by atoms with Crippen LogP contribution in [0.25, 0.3) is 0 Å². The highest BCUT2D eigenvalue weighted by atomic mass is 32.2. The molecule has 6 heteroatoms. The van der Waals surface area contributed by atoms with Crippen LogP contribution in [0.3, 0.4) is 0 Å². The number of nitrogens with zero attached hydrogens (tertiary/aromatic N) is 1. The average molecular weight is 429 g/mol. The molecule has 0 aromatic heterocycles. The fraction of sp³-hybridized carbons (Fsp3) is 0.458. The standard InChI is InChI=1S/C24H32N2O3S/c1-2-20-15-17-22(18-16-20)26(30(28,29)23-13-9-6-10-14-23)19-24(27)25-21-11-7-4-3-5-8-12-21/h6,9-10,13-18,21H,2-5,7-8,11-12,19H2,1H3,(H,25,27). The van der Waals surface area contributed by atoms with E-state index < -0.39 is 10.0 Å². The van der Waals surface area contributed by atoms with Gasteiger partial charge in [0.2, 0.25) is 5.91 Å². The van der Waals surface area contributed by atoms with Crippen LogP contribution >= 0.6 is 0 Å². The molecule has 1 amide bonds. The van der Waals surface area contributed by atoms with Crippen LogP contribution in [-0.2, 0) is 21.2 Å². The lowest BCUT2D eigenvalue weighted by molar-refractivity contribution is -0.120. The SMILES string of the molecule is CCc1ccc(N(CC(=O)NC2CCCCCCC2)S(=O)(=O)c2ccccc2)cc1. The van der Waals surface area contributed by atoms with Crippen molar-refractivity contribution < 1.29 is 13.2 Å². The molecule has 0 saturated heterocycles. The van der Waals surface area contributed by atoms with Crippen molar-refractivity contribution in [1.82, 2.24) is 5.32 Å². The molecule has 1 fully saturated rings. The molecule has 0 radical (unpaired) electrons. The summed E-state index contributed by atoms with van der Waals surface area (Å²) in [6.07, 6.45) is 8.66. The first-order valence-electron chi connectivity index (χ1n) is 11.0. The summed E-state index contributed by atoms with van der Waals surface area (Å²) in [5.74, 6) is -0.250. The van der Waals surface area contributed by atoms with E-state index in [0.717, 1.165) is 37.7 Å². The average Bonchev–Trinajstić information content (AvgIpc) is 2.74. The number of carbonyl (C=O) groups is 1. The summed E-state index contributed by atoms with van der Waals surface area (Å²) >= 11 is 0. The van der Waals surface area contributed by atoms with Crippen LogP contribution < -0.4 is 9.62 Å². The highest BCUT2D eigenvalue weighted by molar-refractivity contribution is 7.92. The fourth-order valence-electron chi connectivity index (χ4n) is 3.94. The Bertz CT molecular complexity index is 903. The van der Waals surface area contributed by atoms with Crippen LogP contribution in [0.5, 0.6) is 0 Å². The van der Waals surface area contributed by atoms with Gasteiger partial charge in [0.15, 0.2) is 0 Å². The maximum absolute atomic E-state index is 13.4. The Kier molecular flexibility index (Phi) is 7.91. The van der Waals surface area contributed by atoms with Crippen molar-refractivity contribution in [2.75, 3.05) is 10.8 Å². The second-order valence-electron chi connectivity index (χ2n) is 7.95. The Hall–Kier alpha value is -2.34.